The van der Waals surface area contributed by atoms with Gasteiger partial charge >= 0.3 is 0 Å². The van der Waals surface area contributed by atoms with Gasteiger partial charge in [0.25, 0.3) is 0 Å². The lowest BCUT2D eigenvalue weighted by Gasteiger charge is -1.99. The molecule has 0 aromatic rings. The summed E-state index contributed by atoms with van der Waals surface area (Å²) in [6, 6.07) is 0. The van der Waals surface area contributed by atoms with E-state index in [1.807, 2.05) is 0 Å². The molecule has 0 saturated heterocycles. The highest BCUT2D eigenvalue weighted by atomic mass is 14.6. The Kier molecular flexibility index (Phi) is 2.96. The summed E-state index contributed by atoms with van der Waals surface area (Å²) in [5, 5.41) is 0. The van der Waals surface area contributed by atoms with E-state index in [4.69, 9.17) is 11.5 Å². The molecule has 0 rings (SSSR count). The van der Waals surface area contributed by atoms with Crippen LogP contribution in [0.1, 0.15) is 6.42 Å². The molecule has 0 aromatic carbocycles. The van der Waals surface area contributed by atoms with Crippen LogP contribution < -0.4 is 11.5 Å². The largest absolute Gasteiger partial charge is 0.399 e. The van der Waals surface area contributed by atoms with Crippen molar-refractivity contribution in [1.82, 2.24) is 0 Å². The maximum atomic E-state index is 5.27. The van der Waals surface area contributed by atoms with E-state index >= 15 is 0 Å². The van der Waals surface area contributed by atoms with Crippen molar-refractivity contribution < 1.29 is 0 Å². The molecular formula is C6H12N2. The first-order valence-corrected chi connectivity index (χ1v) is 2.51. The van der Waals surface area contributed by atoms with Gasteiger partial charge in [0.1, 0.15) is 0 Å². The van der Waals surface area contributed by atoms with Crippen molar-refractivity contribution in [2.75, 3.05) is 6.54 Å². The quantitative estimate of drug-likeness (QED) is 0.518. The number of hydrogen-bond acceptors (Lipinski definition) is 2. The van der Waals surface area contributed by atoms with E-state index in [0.717, 1.165) is 12.0 Å². The van der Waals surface area contributed by atoms with E-state index in [1.165, 1.54) is 0 Å². The lowest BCUT2D eigenvalue weighted by atomic mass is 10.2. The first-order chi connectivity index (χ1) is 3.68. The zero-order valence-corrected chi connectivity index (χ0v) is 4.98. The Morgan fingerprint density at radius 1 is 1.38 bits per heavy atom. The monoisotopic (exact) mass is 112 g/mol. The predicted molar refractivity (Wildman–Crippen MR) is 36.1 cm³/mol. The Morgan fingerprint density at radius 2 is 1.88 bits per heavy atom. The van der Waals surface area contributed by atoms with Gasteiger partial charge in [-0.05, 0) is 18.5 Å². The molecular weight excluding hydrogens is 100 g/mol. The molecule has 0 aliphatic carbocycles. The molecule has 0 aromatic heterocycles. The van der Waals surface area contributed by atoms with Crippen molar-refractivity contribution in [3.05, 3.63) is 24.4 Å². The van der Waals surface area contributed by atoms with Crippen molar-refractivity contribution >= 4 is 0 Å². The van der Waals surface area contributed by atoms with Crippen LogP contribution in [0.3, 0.4) is 0 Å². The third-order valence-electron chi connectivity index (χ3n) is 0.900. The van der Waals surface area contributed by atoms with Crippen LogP contribution in [0.5, 0.6) is 0 Å². The Labute approximate surface area is 49.9 Å². The molecule has 0 bridgehead atoms. The fourth-order valence-electron chi connectivity index (χ4n) is 0.335. The van der Waals surface area contributed by atoms with Gasteiger partial charge in [-0.1, -0.05) is 13.2 Å². The molecule has 8 heavy (non-hydrogen) atoms. The molecule has 46 valence electrons. The molecule has 2 nitrogen and oxygen atoms in total. The summed E-state index contributed by atoms with van der Waals surface area (Å²) in [6.45, 7) is 7.73. The molecule has 0 atom stereocenters. The zero-order chi connectivity index (χ0) is 6.57. The molecule has 0 radical (unpaired) electrons. The van der Waals surface area contributed by atoms with Crippen molar-refractivity contribution in [2.45, 2.75) is 6.42 Å². The van der Waals surface area contributed by atoms with Gasteiger partial charge in [-0.15, -0.1) is 0 Å². The highest BCUT2D eigenvalue weighted by Gasteiger charge is 1.90. The fourth-order valence-corrected chi connectivity index (χ4v) is 0.335. The van der Waals surface area contributed by atoms with Crippen LogP contribution in [-0.2, 0) is 0 Å². The first-order valence-electron chi connectivity index (χ1n) is 2.51. The molecule has 0 amide bonds. The minimum absolute atomic E-state index is 0.537. The van der Waals surface area contributed by atoms with Gasteiger partial charge in [-0.25, -0.2) is 0 Å². The van der Waals surface area contributed by atoms with Gasteiger partial charge in [0.05, 0.1) is 0 Å². The molecule has 0 saturated carbocycles. The summed E-state index contributed by atoms with van der Waals surface area (Å²) in [4.78, 5) is 0. The Morgan fingerprint density at radius 3 is 2.00 bits per heavy atom. The topological polar surface area (TPSA) is 52.0 Å². The van der Waals surface area contributed by atoms with Crippen LogP contribution in [0.4, 0.5) is 0 Å². The van der Waals surface area contributed by atoms with E-state index in [0.29, 0.717) is 12.2 Å². The van der Waals surface area contributed by atoms with Gasteiger partial charge in [-0.3, -0.25) is 0 Å². The molecule has 0 spiro atoms. The zero-order valence-electron chi connectivity index (χ0n) is 4.98. The summed E-state index contributed by atoms with van der Waals surface area (Å²) < 4.78 is 0. The third-order valence-corrected chi connectivity index (χ3v) is 0.900. The van der Waals surface area contributed by atoms with E-state index in [9.17, 15) is 0 Å². The van der Waals surface area contributed by atoms with Crippen LogP contribution in [0.2, 0.25) is 0 Å². The van der Waals surface area contributed by atoms with E-state index in [1.54, 1.807) is 0 Å². The van der Waals surface area contributed by atoms with Crippen molar-refractivity contribution in [3.8, 4) is 0 Å². The second-order valence-corrected chi connectivity index (χ2v) is 1.67. The number of allylic oxidation sites excluding steroid dienone is 1. The highest BCUT2D eigenvalue weighted by Crippen LogP contribution is 2.00. The Balaban J connectivity index is 3.49. The predicted octanol–water partition coefficient (Wildman–Crippen LogP) is 0.364. The number of nitrogens with two attached hydrogens (primary N) is 2. The lowest BCUT2D eigenvalue weighted by molar-refractivity contribution is 0.957. The minimum atomic E-state index is 0.537. The van der Waals surface area contributed by atoms with Crippen molar-refractivity contribution in [3.63, 3.8) is 0 Å². The average molecular weight is 112 g/mol. The summed E-state index contributed by atoms with van der Waals surface area (Å²) >= 11 is 0. The molecule has 0 aliphatic heterocycles. The van der Waals surface area contributed by atoms with Crippen LogP contribution in [0, 0.1) is 0 Å². The van der Waals surface area contributed by atoms with Gasteiger partial charge in [0, 0.05) is 5.70 Å². The van der Waals surface area contributed by atoms with Crippen molar-refractivity contribution in [1.29, 1.82) is 0 Å². The van der Waals surface area contributed by atoms with Gasteiger partial charge < -0.3 is 11.5 Å². The SMILES string of the molecule is C=C(N)C(=C)CCN. The van der Waals surface area contributed by atoms with E-state index in [2.05, 4.69) is 13.2 Å². The summed E-state index contributed by atoms with van der Waals surface area (Å²) in [5.74, 6) is 0. The second kappa shape index (κ2) is 3.27. The lowest BCUT2D eigenvalue weighted by Crippen LogP contribution is -2.04. The second-order valence-electron chi connectivity index (χ2n) is 1.67. The Bertz CT molecular complexity index is 105. The van der Waals surface area contributed by atoms with Crippen LogP contribution in [-0.4, -0.2) is 6.54 Å². The molecule has 0 heterocycles. The number of hydrogen-bond donors (Lipinski definition) is 2. The number of rotatable bonds is 3. The molecule has 2 heteroatoms. The van der Waals surface area contributed by atoms with Crippen LogP contribution in [0.25, 0.3) is 0 Å². The first kappa shape index (κ1) is 7.24. The van der Waals surface area contributed by atoms with E-state index < -0.39 is 0 Å². The van der Waals surface area contributed by atoms with E-state index in [-0.39, 0.29) is 0 Å². The maximum Gasteiger partial charge on any atom is 0.0268 e. The average Bonchev–Trinajstić information content (AvgIpc) is 1.67. The fraction of sp³-hybridized carbons (Fsp3) is 0.333. The summed E-state index contributed by atoms with van der Waals surface area (Å²) in [6.07, 6.45) is 0.745. The Hall–Kier alpha value is -0.760. The minimum Gasteiger partial charge on any atom is -0.399 e. The normalized spacial score (nSPS) is 8.62. The highest BCUT2D eigenvalue weighted by molar-refractivity contribution is 5.21. The molecule has 0 fully saturated rings. The molecule has 0 aliphatic rings. The maximum absolute atomic E-state index is 5.27. The van der Waals surface area contributed by atoms with Crippen LogP contribution in [0.15, 0.2) is 24.4 Å². The molecule has 0 unspecified atom stereocenters. The smallest absolute Gasteiger partial charge is 0.0268 e. The van der Waals surface area contributed by atoms with Crippen LogP contribution >= 0.6 is 0 Å². The van der Waals surface area contributed by atoms with Crippen molar-refractivity contribution in [2.24, 2.45) is 11.5 Å². The standard InChI is InChI=1S/C6H12N2/c1-5(3-4-7)6(2)8/h1-4,7-8H2. The van der Waals surface area contributed by atoms with Gasteiger partial charge in [-0.2, -0.15) is 0 Å². The summed E-state index contributed by atoms with van der Waals surface area (Å²) in [5.41, 5.74) is 11.9. The summed E-state index contributed by atoms with van der Waals surface area (Å²) in [7, 11) is 0. The molecule has 4 N–H and O–H groups in total. The third kappa shape index (κ3) is 2.42. The van der Waals surface area contributed by atoms with Gasteiger partial charge in [0.2, 0.25) is 0 Å². The van der Waals surface area contributed by atoms with Gasteiger partial charge in [0.15, 0.2) is 0 Å².